The predicted octanol–water partition coefficient (Wildman–Crippen LogP) is 2.03. The van der Waals surface area contributed by atoms with Gasteiger partial charge in [0.15, 0.2) is 0 Å². The minimum atomic E-state index is -0.461. The van der Waals surface area contributed by atoms with Crippen molar-refractivity contribution in [2.45, 2.75) is 82.8 Å². The Morgan fingerprint density at radius 2 is 2.05 bits per heavy atom. The topological polar surface area (TPSA) is 58.4 Å². The second-order valence-electron chi connectivity index (χ2n) is 6.55. The van der Waals surface area contributed by atoms with Gasteiger partial charge in [0.2, 0.25) is 5.91 Å². The van der Waals surface area contributed by atoms with Crippen LogP contribution in [0.15, 0.2) is 0 Å². The van der Waals surface area contributed by atoms with Gasteiger partial charge >= 0.3 is 0 Å². The van der Waals surface area contributed by atoms with Crippen molar-refractivity contribution in [3.05, 3.63) is 0 Å². The summed E-state index contributed by atoms with van der Waals surface area (Å²) in [5, 5.41) is 3.40. The van der Waals surface area contributed by atoms with E-state index < -0.39 is 5.54 Å². The number of nitrogens with two attached hydrogens (primary N) is 1. The number of nitrogens with zero attached hydrogens (tertiary/aromatic N) is 1. The lowest BCUT2D eigenvalue weighted by atomic mass is 9.77. The Labute approximate surface area is 123 Å². The van der Waals surface area contributed by atoms with Crippen LogP contribution in [0.3, 0.4) is 0 Å². The second kappa shape index (κ2) is 6.90. The van der Waals surface area contributed by atoms with Gasteiger partial charge in [0.1, 0.15) is 0 Å². The van der Waals surface area contributed by atoms with Crippen LogP contribution in [0.25, 0.3) is 0 Å². The molecule has 2 unspecified atom stereocenters. The first-order valence-electron chi connectivity index (χ1n) is 8.43. The molecule has 0 aromatic heterocycles. The zero-order valence-corrected chi connectivity index (χ0v) is 13.2. The van der Waals surface area contributed by atoms with E-state index in [1.165, 1.54) is 38.6 Å². The van der Waals surface area contributed by atoms with Crippen LogP contribution < -0.4 is 11.1 Å². The summed E-state index contributed by atoms with van der Waals surface area (Å²) < 4.78 is 0. The summed E-state index contributed by atoms with van der Waals surface area (Å²) in [6.07, 6.45) is 9.31. The molecule has 0 radical (unpaired) electrons. The van der Waals surface area contributed by atoms with Gasteiger partial charge in [-0.2, -0.15) is 0 Å². The van der Waals surface area contributed by atoms with Gasteiger partial charge in [-0.05, 0) is 58.0 Å². The molecule has 2 aliphatic carbocycles. The molecule has 0 aromatic carbocycles. The third-order valence-corrected chi connectivity index (χ3v) is 4.97. The van der Waals surface area contributed by atoms with Crippen molar-refractivity contribution < 1.29 is 4.79 Å². The molecule has 0 heterocycles. The van der Waals surface area contributed by atoms with E-state index >= 15 is 0 Å². The van der Waals surface area contributed by atoms with E-state index in [0.29, 0.717) is 6.04 Å². The fraction of sp³-hybridized carbons (Fsp3) is 0.938. The van der Waals surface area contributed by atoms with Crippen LogP contribution in [0, 0.1) is 0 Å². The first kappa shape index (κ1) is 15.8. The summed E-state index contributed by atoms with van der Waals surface area (Å²) in [5.74, 6) is -0.157. The van der Waals surface area contributed by atoms with Crippen LogP contribution in [0.2, 0.25) is 0 Å². The average Bonchev–Trinajstić information content (AvgIpc) is 3.24. The Morgan fingerprint density at radius 1 is 1.30 bits per heavy atom. The zero-order valence-electron chi connectivity index (χ0n) is 13.2. The molecule has 20 heavy (non-hydrogen) atoms. The monoisotopic (exact) mass is 281 g/mol. The number of hydrogen-bond acceptors (Lipinski definition) is 3. The van der Waals surface area contributed by atoms with Crippen molar-refractivity contribution >= 4 is 5.91 Å². The molecule has 2 saturated carbocycles. The van der Waals surface area contributed by atoms with E-state index in [1.54, 1.807) is 0 Å². The highest BCUT2D eigenvalue weighted by Gasteiger charge is 2.44. The highest BCUT2D eigenvalue weighted by molar-refractivity contribution is 5.84. The SMILES string of the molecule is CCCCN(C1CC1)C1CCCC(NCC)(C(N)=O)C1. The Bertz CT molecular complexity index is 326. The predicted molar refractivity (Wildman–Crippen MR) is 82.5 cm³/mol. The molecule has 0 saturated heterocycles. The highest BCUT2D eigenvalue weighted by atomic mass is 16.1. The molecule has 0 aromatic rings. The number of primary amides is 1. The Hall–Kier alpha value is -0.610. The summed E-state index contributed by atoms with van der Waals surface area (Å²) in [4.78, 5) is 14.7. The average molecular weight is 281 g/mol. The van der Waals surface area contributed by atoms with Gasteiger partial charge in [0, 0.05) is 12.1 Å². The maximum atomic E-state index is 12.0. The van der Waals surface area contributed by atoms with E-state index in [4.69, 9.17) is 5.73 Å². The van der Waals surface area contributed by atoms with Crippen LogP contribution in [0.4, 0.5) is 0 Å². The van der Waals surface area contributed by atoms with Crippen molar-refractivity contribution in [2.24, 2.45) is 5.73 Å². The van der Waals surface area contributed by atoms with E-state index in [1.807, 2.05) is 0 Å². The molecule has 3 N–H and O–H groups in total. The number of nitrogens with one attached hydrogen (secondary N) is 1. The third kappa shape index (κ3) is 3.53. The standard InChI is InChI=1S/C16H31N3O/c1-3-5-11-19(13-8-9-13)14-7-6-10-16(12-14,15(17)20)18-4-2/h13-14,18H,3-12H2,1-2H3,(H2,17,20). The summed E-state index contributed by atoms with van der Waals surface area (Å²) >= 11 is 0. The van der Waals surface area contributed by atoms with Crippen LogP contribution in [-0.4, -0.2) is 41.5 Å². The van der Waals surface area contributed by atoms with Crippen molar-refractivity contribution in [1.82, 2.24) is 10.2 Å². The Kier molecular flexibility index (Phi) is 5.44. The number of hydrogen-bond donors (Lipinski definition) is 2. The minimum Gasteiger partial charge on any atom is -0.368 e. The normalized spacial score (nSPS) is 30.6. The molecule has 4 heteroatoms. The van der Waals surface area contributed by atoms with Crippen LogP contribution in [-0.2, 0) is 4.79 Å². The number of amides is 1. The minimum absolute atomic E-state index is 0.157. The van der Waals surface area contributed by atoms with E-state index in [-0.39, 0.29) is 5.91 Å². The molecule has 2 atom stereocenters. The summed E-state index contributed by atoms with van der Waals surface area (Å²) in [5.41, 5.74) is 5.26. The first-order chi connectivity index (χ1) is 9.63. The molecular weight excluding hydrogens is 250 g/mol. The number of unbranched alkanes of at least 4 members (excludes halogenated alkanes) is 1. The highest BCUT2D eigenvalue weighted by Crippen LogP contribution is 2.37. The molecule has 0 aliphatic heterocycles. The van der Waals surface area contributed by atoms with Gasteiger partial charge in [-0.1, -0.05) is 20.3 Å². The van der Waals surface area contributed by atoms with Gasteiger partial charge in [-0.25, -0.2) is 0 Å². The molecule has 2 rings (SSSR count). The van der Waals surface area contributed by atoms with Gasteiger partial charge in [-0.15, -0.1) is 0 Å². The molecule has 4 nitrogen and oxygen atoms in total. The van der Waals surface area contributed by atoms with Gasteiger partial charge < -0.3 is 11.1 Å². The Morgan fingerprint density at radius 3 is 2.60 bits per heavy atom. The summed E-state index contributed by atoms with van der Waals surface area (Å²) in [6, 6.07) is 1.31. The fourth-order valence-electron chi connectivity index (χ4n) is 3.75. The maximum Gasteiger partial charge on any atom is 0.237 e. The molecule has 1 amide bonds. The number of carbonyl (C=O) groups is 1. The van der Waals surface area contributed by atoms with Gasteiger partial charge in [0.05, 0.1) is 5.54 Å². The smallest absolute Gasteiger partial charge is 0.237 e. The molecule has 2 fully saturated rings. The Balaban J connectivity index is 2.04. The number of rotatable bonds is 8. The largest absolute Gasteiger partial charge is 0.368 e. The van der Waals surface area contributed by atoms with Crippen molar-refractivity contribution in [1.29, 1.82) is 0 Å². The van der Waals surface area contributed by atoms with Crippen molar-refractivity contribution in [2.75, 3.05) is 13.1 Å². The summed E-state index contributed by atoms with van der Waals surface area (Å²) in [7, 11) is 0. The lowest BCUT2D eigenvalue weighted by molar-refractivity contribution is -0.126. The first-order valence-corrected chi connectivity index (χ1v) is 8.43. The third-order valence-electron chi connectivity index (χ3n) is 4.97. The van der Waals surface area contributed by atoms with E-state index in [9.17, 15) is 4.79 Å². The van der Waals surface area contributed by atoms with Crippen LogP contribution in [0.5, 0.6) is 0 Å². The molecule has 0 spiro atoms. The lowest BCUT2D eigenvalue weighted by Gasteiger charge is -2.43. The van der Waals surface area contributed by atoms with Crippen LogP contribution >= 0.6 is 0 Å². The van der Waals surface area contributed by atoms with E-state index in [0.717, 1.165) is 31.8 Å². The van der Waals surface area contributed by atoms with Crippen molar-refractivity contribution in [3.63, 3.8) is 0 Å². The van der Waals surface area contributed by atoms with Crippen molar-refractivity contribution in [3.8, 4) is 0 Å². The lowest BCUT2D eigenvalue weighted by Crippen LogP contribution is -2.60. The second-order valence-corrected chi connectivity index (χ2v) is 6.55. The number of likely N-dealkylation sites (N-methyl/N-ethyl adjacent to an activating group) is 1. The maximum absolute atomic E-state index is 12.0. The molecular formula is C16H31N3O. The summed E-state index contributed by atoms with van der Waals surface area (Å²) in [6.45, 7) is 6.31. The number of carbonyl (C=O) groups excluding carboxylic acids is 1. The van der Waals surface area contributed by atoms with Gasteiger partial charge in [-0.3, -0.25) is 9.69 Å². The zero-order chi connectivity index (χ0) is 14.6. The molecule has 2 aliphatic rings. The molecule has 0 bridgehead atoms. The van der Waals surface area contributed by atoms with Crippen LogP contribution in [0.1, 0.15) is 65.2 Å². The molecule has 116 valence electrons. The fourth-order valence-corrected chi connectivity index (χ4v) is 3.75. The quantitative estimate of drug-likeness (QED) is 0.715. The van der Waals surface area contributed by atoms with Gasteiger partial charge in [0.25, 0.3) is 0 Å². The van der Waals surface area contributed by atoms with E-state index in [2.05, 4.69) is 24.1 Å².